The first-order chi connectivity index (χ1) is 12.3. The molecular formula is C18H30O9. The predicted octanol–water partition coefficient (Wildman–Crippen LogP) is 2.56. The molecular weight excluding hydrogens is 360 g/mol. The number of rotatable bonds is 5. The fourth-order valence-electron chi connectivity index (χ4n) is 0.118. The van der Waals surface area contributed by atoms with Crippen molar-refractivity contribution in [1.82, 2.24) is 0 Å². The number of aldehydes is 1. The van der Waals surface area contributed by atoms with E-state index < -0.39 is 17.9 Å². The van der Waals surface area contributed by atoms with E-state index in [1.807, 2.05) is 20.5 Å². The zero-order valence-corrected chi connectivity index (χ0v) is 16.3. The van der Waals surface area contributed by atoms with Crippen LogP contribution in [0, 0.1) is 0 Å². The molecule has 0 aliphatic rings. The fraction of sp³-hybridized carbons (Fsp3) is 0.333. The second-order valence-electron chi connectivity index (χ2n) is 4.21. The van der Waals surface area contributed by atoms with Crippen LogP contribution in [0.15, 0.2) is 36.5 Å². The number of hydrogen-bond acceptors (Lipinski definition) is 6. The molecule has 0 bridgehead atoms. The largest absolute Gasteiger partial charge is 0.478 e. The van der Waals surface area contributed by atoms with Crippen molar-refractivity contribution in [3.8, 4) is 0 Å². The number of aliphatic carboxylic acids is 3. The molecule has 0 amide bonds. The monoisotopic (exact) mass is 390 g/mol. The van der Waals surface area contributed by atoms with Crippen LogP contribution < -0.4 is 0 Å². The van der Waals surface area contributed by atoms with E-state index in [4.69, 9.17) is 24.9 Å². The van der Waals surface area contributed by atoms with Gasteiger partial charge in [0.25, 0.3) is 0 Å². The number of carbonyl (C=O) groups is 6. The second-order valence-corrected chi connectivity index (χ2v) is 4.21. The first kappa shape index (κ1) is 38.9. The van der Waals surface area contributed by atoms with Gasteiger partial charge in [0.05, 0.1) is 0 Å². The van der Waals surface area contributed by atoms with Gasteiger partial charge < -0.3 is 29.7 Å². The molecule has 0 spiro atoms. The topological polar surface area (TPSA) is 163 Å². The Labute approximate surface area is 159 Å². The molecule has 0 heterocycles. The van der Waals surface area contributed by atoms with E-state index in [0.29, 0.717) is 6.42 Å². The maximum atomic E-state index is 9.60. The molecule has 0 rings (SSSR count). The third kappa shape index (κ3) is 85.2. The minimum atomic E-state index is -0.935. The summed E-state index contributed by atoms with van der Waals surface area (Å²) >= 11 is 0. The minimum Gasteiger partial charge on any atom is -0.478 e. The normalized spacial score (nSPS) is 6.67. The summed E-state index contributed by atoms with van der Waals surface area (Å²) in [6.07, 6.45) is 2.61. The van der Waals surface area contributed by atoms with Gasteiger partial charge in [-0.15, -0.1) is 0 Å². The Morgan fingerprint density at radius 2 is 0.852 bits per heavy atom. The predicted molar refractivity (Wildman–Crippen MR) is 103 cm³/mol. The van der Waals surface area contributed by atoms with Crippen molar-refractivity contribution in [2.45, 2.75) is 40.5 Å². The van der Waals surface area contributed by atoms with Gasteiger partial charge >= 0.3 is 17.9 Å². The molecule has 9 heteroatoms. The van der Waals surface area contributed by atoms with Gasteiger partial charge in [0.1, 0.15) is 19.9 Å². The van der Waals surface area contributed by atoms with Crippen molar-refractivity contribution in [2.24, 2.45) is 0 Å². The van der Waals surface area contributed by atoms with E-state index in [1.54, 1.807) is 0 Å². The van der Waals surface area contributed by atoms with Crippen LogP contribution >= 0.6 is 0 Å². The quantitative estimate of drug-likeness (QED) is 0.472. The summed E-state index contributed by atoms with van der Waals surface area (Å²) in [6.45, 7) is 19.8. The minimum absolute atomic E-state index is 0.176. The number of carboxylic acids is 3. The third-order valence-corrected chi connectivity index (χ3v) is 1.50. The zero-order chi connectivity index (χ0) is 23.6. The average Bonchev–Trinajstić information content (AvgIpc) is 2.60. The van der Waals surface area contributed by atoms with Crippen LogP contribution in [0.3, 0.4) is 0 Å². The van der Waals surface area contributed by atoms with Crippen molar-refractivity contribution in [2.75, 3.05) is 0 Å². The van der Waals surface area contributed by atoms with Crippen LogP contribution in [0.5, 0.6) is 0 Å². The smallest absolute Gasteiger partial charge is 0.330 e. The van der Waals surface area contributed by atoms with Gasteiger partial charge in [-0.05, 0) is 27.2 Å². The number of carboxylic acid groups (broad SMARTS) is 3. The van der Waals surface area contributed by atoms with Crippen LogP contribution in [-0.2, 0) is 28.8 Å². The number of hydrogen-bond donors (Lipinski definition) is 3. The molecule has 0 saturated heterocycles. The molecule has 27 heavy (non-hydrogen) atoms. The lowest BCUT2D eigenvalue weighted by atomic mass is 10.4. The molecule has 9 nitrogen and oxygen atoms in total. The molecule has 156 valence electrons. The van der Waals surface area contributed by atoms with Crippen LogP contribution in [0.1, 0.15) is 40.5 Å². The first-order valence-electron chi connectivity index (χ1n) is 7.02. The van der Waals surface area contributed by atoms with Crippen LogP contribution in [0.25, 0.3) is 0 Å². The van der Waals surface area contributed by atoms with E-state index in [-0.39, 0.29) is 16.7 Å². The molecule has 0 fully saturated rings. The molecule has 0 atom stereocenters. The highest BCUT2D eigenvalue weighted by atomic mass is 16.4. The van der Waals surface area contributed by atoms with Crippen molar-refractivity contribution in [3.05, 3.63) is 36.5 Å². The molecule has 0 aromatic rings. The summed E-state index contributed by atoms with van der Waals surface area (Å²) < 4.78 is 0. The Balaban J connectivity index is -0.0000000512. The second kappa shape index (κ2) is 34.1. The molecule has 0 aliphatic carbocycles. The number of carbonyl (C=O) groups excluding carboxylic acids is 3. The van der Waals surface area contributed by atoms with Gasteiger partial charge in [0, 0.05) is 23.1 Å². The van der Waals surface area contributed by atoms with Crippen molar-refractivity contribution >= 4 is 37.8 Å². The summed E-state index contributed by atoms with van der Waals surface area (Å²) in [5, 5.41) is 23.7. The van der Waals surface area contributed by atoms with Gasteiger partial charge in [-0.2, -0.15) is 0 Å². The maximum absolute atomic E-state index is 9.60. The molecule has 0 aromatic carbocycles. The SMILES string of the molecule is C=C(C)C(=O)O.C=C(C)C(=O)O.C=C(C)C(=O)O.C=O.C=O.CCCC=O. The van der Waals surface area contributed by atoms with E-state index in [1.165, 1.54) is 20.8 Å². The van der Waals surface area contributed by atoms with Gasteiger partial charge in [-0.3, -0.25) is 0 Å². The van der Waals surface area contributed by atoms with E-state index in [0.717, 1.165) is 12.7 Å². The van der Waals surface area contributed by atoms with Gasteiger partial charge in [-0.25, -0.2) is 14.4 Å². The molecule has 0 aliphatic heterocycles. The lowest BCUT2D eigenvalue weighted by molar-refractivity contribution is -0.133. The highest BCUT2D eigenvalue weighted by Crippen LogP contribution is 1.82. The Hall–Kier alpha value is -3.36. The molecule has 0 saturated carbocycles. The summed E-state index contributed by atoms with van der Waals surface area (Å²) in [7, 11) is 0. The van der Waals surface area contributed by atoms with E-state index in [9.17, 15) is 19.2 Å². The highest BCUT2D eigenvalue weighted by Gasteiger charge is 1.91. The maximum Gasteiger partial charge on any atom is 0.330 e. The third-order valence-electron chi connectivity index (χ3n) is 1.50. The summed E-state index contributed by atoms with van der Waals surface area (Å²) in [5.41, 5.74) is 0.528. The average molecular weight is 390 g/mol. The van der Waals surface area contributed by atoms with Gasteiger partial charge in [0.15, 0.2) is 0 Å². The summed E-state index contributed by atoms with van der Waals surface area (Å²) in [4.78, 5) is 54.2. The van der Waals surface area contributed by atoms with Crippen molar-refractivity contribution < 1.29 is 44.1 Å². The summed E-state index contributed by atoms with van der Waals surface area (Å²) in [6, 6.07) is 0. The first-order valence-corrected chi connectivity index (χ1v) is 7.02. The lowest BCUT2D eigenvalue weighted by Crippen LogP contribution is -1.92. The zero-order valence-electron chi connectivity index (χ0n) is 16.3. The molecule has 0 radical (unpaired) electrons. The standard InChI is InChI=1S/3C4H6O2.C4H8O.2CH2O/c3*1-3(2)4(5)6;1-2-3-4-5;2*1-2/h3*1H2,2H3,(H,5,6);4H,2-3H2,1H3;2*1H2. The molecule has 3 N–H and O–H groups in total. The summed E-state index contributed by atoms with van der Waals surface area (Å²) in [5.74, 6) is -2.81. The van der Waals surface area contributed by atoms with Gasteiger partial charge in [-0.1, -0.05) is 26.7 Å². The Morgan fingerprint density at radius 1 is 0.704 bits per heavy atom. The molecule has 0 aromatic heterocycles. The van der Waals surface area contributed by atoms with E-state index >= 15 is 0 Å². The lowest BCUT2D eigenvalue weighted by Gasteiger charge is -1.79. The van der Waals surface area contributed by atoms with E-state index in [2.05, 4.69) is 19.7 Å². The number of unbranched alkanes of at least 4 members (excludes halogenated alkanes) is 1. The van der Waals surface area contributed by atoms with Gasteiger partial charge in [0.2, 0.25) is 0 Å². The fourth-order valence-corrected chi connectivity index (χ4v) is 0.118. The van der Waals surface area contributed by atoms with Crippen molar-refractivity contribution in [3.63, 3.8) is 0 Å². The van der Waals surface area contributed by atoms with Crippen molar-refractivity contribution in [1.29, 1.82) is 0 Å². The van der Waals surface area contributed by atoms with Crippen LogP contribution in [0.4, 0.5) is 0 Å². The van der Waals surface area contributed by atoms with Crippen LogP contribution in [-0.4, -0.2) is 53.1 Å². The molecule has 0 unspecified atom stereocenters. The Bertz CT molecular complexity index is 370. The Kier molecular flexibility index (Phi) is 49.1. The van der Waals surface area contributed by atoms with Crippen LogP contribution in [0.2, 0.25) is 0 Å². The Morgan fingerprint density at radius 3 is 0.852 bits per heavy atom. The highest BCUT2D eigenvalue weighted by molar-refractivity contribution is 5.85.